The highest BCUT2D eigenvalue weighted by Crippen LogP contribution is 2.74. The average molecular weight is 535 g/mol. The van der Waals surface area contributed by atoms with E-state index in [9.17, 15) is 39.9 Å². The van der Waals surface area contributed by atoms with Crippen LogP contribution in [0, 0.1) is 39.4 Å². The van der Waals surface area contributed by atoms with Gasteiger partial charge in [-0.05, 0) is 56.3 Å². The molecule has 38 heavy (non-hydrogen) atoms. The van der Waals surface area contributed by atoms with Crippen LogP contribution in [0.1, 0.15) is 87.5 Å². The van der Waals surface area contributed by atoms with Gasteiger partial charge in [-0.3, -0.25) is 14.4 Å². The summed E-state index contributed by atoms with van der Waals surface area (Å²) >= 11 is 0. The molecule has 4 aliphatic carbocycles. The average Bonchev–Trinajstić information content (AvgIpc) is 2.97. The molecule has 0 spiro atoms. The van der Waals surface area contributed by atoms with Gasteiger partial charge in [-0.2, -0.15) is 0 Å². The second kappa shape index (κ2) is 8.53. The molecular weight excluding hydrogens is 488 g/mol. The van der Waals surface area contributed by atoms with Crippen molar-refractivity contribution in [3.63, 3.8) is 0 Å². The third-order valence-corrected chi connectivity index (χ3v) is 11.8. The van der Waals surface area contributed by atoms with Gasteiger partial charge in [-0.15, -0.1) is 0 Å². The van der Waals surface area contributed by atoms with Crippen molar-refractivity contribution in [3.8, 4) is 0 Å². The van der Waals surface area contributed by atoms with Crippen LogP contribution in [0.25, 0.3) is 0 Å². The minimum absolute atomic E-state index is 0.0245. The summed E-state index contributed by atoms with van der Waals surface area (Å²) in [5, 5.41) is 54.2. The predicted molar refractivity (Wildman–Crippen MR) is 140 cm³/mol. The number of carbonyl (C=O) groups excluding carboxylic acids is 3. The van der Waals surface area contributed by atoms with Crippen LogP contribution >= 0.6 is 0 Å². The second-order valence-electron chi connectivity index (χ2n) is 14.7. The van der Waals surface area contributed by atoms with Gasteiger partial charge in [0.1, 0.15) is 17.5 Å². The Labute approximate surface area is 225 Å². The highest BCUT2D eigenvalue weighted by atomic mass is 16.3. The molecule has 8 heteroatoms. The maximum Gasteiger partial charge on any atom is 0.167 e. The Kier molecular flexibility index (Phi) is 6.63. The molecule has 2 unspecified atom stereocenters. The molecule has 0 amide bonds. The van der Waals surface area contributed by atoms with E-state index >= 15 is 0 Å². The first-order chi connectivity index (χ1) is 17.1. The summed E-state index contributed by atoms with van der Waals surface area (Å²) in [7, 11) is 0. The fourth-order valence-corrected chi connectivity index (χ4v) is 9.16. The molecule has 0 aliphatic heterocycles. The zero-order valence-electron chi connectivity index (χ0n) is 24.0. The van der Waals surface area contributed by atoms with E-state index in [4.69, 9.17) is 0 Å². The van der Waals surface area contributed by atoms with Crippen molar-refractivity contribution in [2.75, 3.05) is 0 Å². The van der Waals surface area contributed by atoms with Crippen molar-refractivity contribution in [1.82, 2.24) is 0 Å². The number of allylic oxidation sites excluding steroid dienone is 1. The number of hydrogen-bond acceptors (Lipinski definition) is 8. The number of aliphatic hydroxyl groups is 5. The molecule has 4 aliphatic rings. The highest BCUT2D eigenvalue weighted by molar-refractivity contribution is 5.93. The van der Waals surface area contributed by atoms with Gasteiger partial charge in [0.25, 0.3) is 0 Å². The quantitative estimate of drug-likeness (QED) is 0.336. The van der Waals surface area contributed by atoms with E-state index in [1.807, 2.05) is 34.6 Å². The van der Waals surface area contributed by atoms with Gasteiger partial charge in [0.2, 0.25) is 0 Å². The van der Waals surface area contributed by atoms with Gasteiger partial charge in [-0.1, -0.05) is 46.3 Å². The SMILES string of the molecule is CC(C)(O)C(O)CC(=O)C(C)(O)[C@H]1[C@H](O)C[C@@]2(C)[C@@H]3CC=C4[C@@H](CC(=O)[C@H](O)C4(C)C)[C@]3(C)C(=O)C[C@]12C. The van der Waals surface area contributed by atoms with Gasteiger partial charge >= 0.3 is 0 Å². The van der Waals surface area contributed by atoms with Gasteiger partial charge in [0.05, 0.1) is 17.8 Å². The van der Waals surface area contributed by atoms with Crippen LogP contribution < -0.4 is 0 Å². The van der Waals surface area contributed by atoms with Gasteiger partial charge in [0, 0.05) is 36.0 Å². The third kappa shape index (κ3) is 3.70. The third-order valence-electron chi connectivity index (χ3n) is 11.8. The first-order valence-electron chi connectivity index (χ1n) is 13.9. The molecule has 5 N–H and O–H groups in total. The Balaban J connectivity index is 1.77. The highest BCUT2D eigenvalue weighted by Gasteiger charge is 2.74. The number of ketones is 3. The van der Waals surface area contributed by atoms with Crippen LogP contribution in [0.15, 0.2) is 11.6 Å². The summed E-state index contributed by atoms with van der Waals surface area (Å²) in [6.45, 7) is 13.6. The monoisotopic (exact) mass is 534 g/mol. The minimum atomic E-state index is -2.05. The summed E-state index contributed by atoms with van der Waals surface area (Å²) in [4.78, 5) is 40.5. The predicted octanol–water partition coefficient (Wildman–Crippen LogP) is 2.12. The standard InChI is InChI=1S/C30H46O8/c1-25(2)15-9-10-19-27(5)13-18(32)23(30(8,38)21(34)12-20(33)26(3,4)37)28(27,6)14-22(35)29(19,7)16(15)11-17(31)24(25)36/h9,16,18-20,23-24,32-33,36-38H,10-14H2,1-8H3/t16-,18-,19+,20?,23+,24+,27+,28-,29+,30?/m1/s1. The summed E-state index contributed by atoms with van der Waals surface area (Å²) in [6, 6.07) is 0. The van der Waals surface area contributed by atoms with Crippen molar-refractivity contribution >= 4 is 17.3 Å². The maximum absolute atomic E-state index is 14.2. The molecule has 10 atom stereocenters. The van der Waals surface area contributed by atoms with Gasteiger partial charge in [-0.25, -0.2) is 0 Å². The molecule has 0 aromatic heterocycles. The van der Waals surface area contributed by atoms with Crippen LogP contribution in [0.4, 0.5) is 0 Å². The van der Waals surface area contributed by atoms with E-state index in [0.717, 1.165) is 5.57 Å². The molecule has 0 heterocycles. The second-order valence-corrected chi connectivity index (χ2v) is 14.7. The number of fused-ring (bicyclic) bond motifs is 5. The lowest BCUT2D eigenvalue weighted by Crippen LogP contribution is -2.65. The fourth-order valence-electron chi connectivity index (χ4n) is 9.16. The van der Waals surface area contributed by atoms with E-state index in [2.05, 4.69) is 6.08 Å². The smallest absolute Gasteiger partial charge is 0.167 e. The molecule has 0 aromatic carbocycles. The van der Waals surface area contributed by atoms with E-state index in [0.29, 0.717) is 6.42 Å². The molecule has 3 fully saturated rings. The molecule has 0 bridgehead atoms. The van der Waals surface area contributed by atoms with Crippen LogP contribution in [0.3, 0.4) is 0 Å². The normalized spacial score (nSPS) is 44.9. The minimum Gasteiger partial charge on any atom is -0.393 e. The number of rotatable bonds is 5. The Bertz CT molecular complexity index is 1080. The lowest BCUT2D eigenvalue weighted by molar-refractivity contribution is -0.185. The van der Waals surface area contributed by atoms with E-state index < -0.39 is 69.3 Å². The van der Waals surface area contributed by atoms with Crippen LogP contribution in [-0.2, 0) is 14.4 Å². The van der Waals surface area contributed by atoms with Gasteiger partial charge in [0.15, 0.2) is 11.6 Å². The van der Waals surface area contributed by atoms with E-state index in [-0.39, 0.29) is 42.7 Å². The number of aliphatic hydroxyl groups excluding tert-OH is 3. The number of carbonyl (C=O) groups is 3. The maximum atomic E-state index is 14.2. The van der Waals surface area contributed by atoms with Crippen molar-refractivity contribution in [2.24, 2.45) is 39.4 Å². The lowest BCUT2D eigenvalue weighted by atomic mass is 9.38. The Morgan fingerprint density at radius 3 is 2.18 bits per heavy atom. The molecular formula is C30H46O8. The molecule has 0 aromatic rings. The lowest BCUT2D eigenvalue weighted by Gasteiger charge is -2.64. The summed E-state index contributed by atoms with van der Waals surface area (Å²) in [5.74, 6) is -2.60. The van der Waals surface area contributed by atoms with E-state index in [1.165, 1.54) is 20.8 Å². The fraction of sp³-hybridized carbons (Fsp3) is 0.833. The molecule has 0 radical (unpaired) electrons. The summed E-state index contributed by atoms with van der Waals surface area (Å²) < 4.78 is 0. The van der Waals surface area contributed by atoms with E-state index in [1.54, 1.807) is 0 Å². The summed E-state index contributed by atoms with van der Waals surface area (Å²) in [5.41, 5.74) is -5.93. The first-order valence-corrected chi connectivity index (χ1v) is 13.9. The number of Topliss-reactive ketones (excluding diaryl/α,β-unsaturated/α-hetero) is 3. The Morgan fingerprint density at radius 2 is 1.63 bits per heavy atom. The molecule has 0 saturated heterocycles. The zero-order chi connectivity index (χ0) is 29.0. The molecule has 3 saturated carbocycles. The van der Waals surface area contributed by atoms with Crippen LogP contribution in [0.2, 0.25) is 0 Å². The Hall–Kier alpha value is -1.45. The van der Waals surface area contributed by atoms with Crippen molar-refractivity contribution < 1.29 is 39.9 Å². The van der Waals surface area contributed by atoms with Crippen LogP contribution in [-0.4, -0.2) is 72.4 Å². The van der Waals surface area contributed by atoms with Crippen molar-refractivity contribution in [3.05, 3.63) is 11.6 Å². The largest absolute Gasteiger partial charge is 0.393 e. The first kappa shape index (κ1) is 29.5. The summed E-state index contributed by atoms with van der Waals surface area (Å²) in [6.07, 6.45) is -1.12. The number of hydrogen-bond donors (Lipinski definition) is 5. The van der Waals surface area contributed by atoms with Crippen molar-refractivity contribution in [1.29, 1.82) is 0 Å². The van der Waals surface area contributed by atoms with Crippen LogP contribution in [0.5, 0.6) is 0 Å². The molecule has 8 nitrogen and oxygen atoms in total. The molecule has 4 rings (SSSR count). The molecule has 214 valence electrons. The van der Waals surface area contributed by atoms with Crippen molar-refractivity contribution in [2.45, 2.75) is 117 Å². The Morgan fingerprint density at radius 1 is 1.05 bits per heavy atom. The topological polar surface area (TPSA) is 152 Å². The van der Waals surface area contributed by atoms with Gasteiger partial charge < -0.3 is 25.5 Å². The zero-order valence-corrected chi connectivity index (χ0v) is 24.0.